The average Bonchev–Trinajstić information content (AvgIpc) is 3.47. The van der Waals surface area contributed by atoms with Crippen molar-refractivity contribution >= 4 is 33.3 Å². The van der Waals surface area contributed by atoms with E-state index < -0.39 is 17.5 Å². The first-order valence-electron chi connectivity index (χ1n) is 11.8. The number of thiophene rings is 1. The molecule has 1 unspecified atom stereocenters. The Balaban J connectivity index is 1.36. The Morgan fingerprint density at radius 1 is 1.24 bits per heavy atom. The number of hydrogen-bond donors (Lipinski definition) is 2. The lowest BCUT2D eigenvalue weighted by Crippen LogP contribution is -2.34. The number of carbonyl (C=O) groups excluding carboxylic acids is 1. The summed E-state index contributed by atoms with van der Waals surface area (Å²) in [5.41, 5.74) is 7.09. The maximum Gasteiger partial charge on any atom is 0.407 e. The van der Waals surface area contributed by atoms with E-state index in [1.54, 1.807) is 24.5 Å². The highest BCUT2D eigenvalue weighted by molar-refractivity contribution is 7.22. The zero-order chi connectivity index (χ0) is 26.6. The van der Waals surface area contributed by atoms with Crippen molar-refractivity contribution in [1.29, 1.82) is 0 Å². The fraction of sp³-hybridized carbons (Fsp3) is 0.346. The largest absolute Gasteiger partial charge is 0.453 e. The molecule has 3 N–H and O–H groups in total. The van der Waals surface area contributed by atoms with Crippen molar-refractivity contribution in [3.8, 4) is 21.9 Å². The van der Waals surface area contributed by atoms with Crippen molar-refractivity contribution in [3.63, 3.8) is 0 Å². The van der Waals surface area contributed by atoms with Crippen LogP contribution in [0.4, 0.5) is 14.9 Å². The molecule has 0 saturated carbocycles. The second kappa shape index (κ2) is 11.1. The summed E-state index contributed by atoms with van der Waals surface area (Å²) in [6.07, 6.45) is 4.89. The molecule has 0 bridgehead atoms. The summed E-state index contributed by atoms with van der Waals surface area (Å²) in [5.74, 6) is 0.0820. The molecule has 0 aliphatic rings. The molecule has 0 radical (unpaired) electrons. The molecule has 3 aromatic heterocycles. The van der Waals surface area contributed by atoms with E-state index in [2.05, 4.69) is 15.4 Å². The van der Waals surface area contributed by atoms with E-state index in [0.717, 1.165) is 20.7 Å². The molecular formula is C26H30FN5O4S. The van der Waals surface area contributed by atoms with Crippen molar-refractivity contribution in [3.05, 3.63) is 54.7 Å². The van der Waals surface area contributed by atoms with Crippen molar-refractivity contribution in [1.82, 2.24) is 20.1 Å². The highest BCUT2D eigenvalue weighted by Gasteiger charge is 2.17. The van der Waals surface area contributed by atoms with Gasteiger partial charge in [0.05, 0.1) is 35.7 Å². The van der Waals surface area contributed by atoms with Crippen molar-refractivity contribution in [2.45, 2.75) is 39.3 Å². The number of carbonyl (C=O) groups is 1. The number of aromatic nitrogens is 3. The number of rotatable bonds is 9. The van der Waals surface area contributed by atoms with E-state index in [0.29, 0.717) is 31.2 Å². The standard InChI is InChI=1S/C26H30FN5O4S/c1-16(15-34-10-9-30-25(33)36-26(2,3)4)32-14-17(13-31-32)23-12-20-24(37-23)22(7-8-29-20)35-21-6-5-18(28)11-19(21)27/h5-8,11-14,16H,9-10,15,28H2,1-4H3,(H,30,33). The van der Waals surface area contributed by atoms with Gasteiger partial charge in [-0.2, -0.15) is 5.10 Å². The van der Waals surface area contributed by atoms with Gasteiger partial charge in [0.25, 0.3) is 0 Å². The molecule has 196 valence electrons. The fourth-order valence-electron chi connectivity index (χ4n) is 3.43. The summed E-state index contributed by atoms with van der Waals surface area (Å²) >= 11 is 1.49. The molecule has 0 spiro atoms. The number of benzene rings is 1. The molecule has 9 nitrogen and oxygen atoms in total. The quantitative estimate of drug-likeness (QED) is 0.210. The van der Waals surface area contributed by atoms with Crippen LogP contribution in [-0.2, 0) is 9.47 Å². The number of nitrogens with zero attached hydrogens (tertiary/aromatic N) is 3. The Bertz CT molecular complexity index is 1380. The van der Waals surface area contributed by atoms with Crippen LogP contribution in [0.2, 0.25) is 0 Å². The first-order valence-corrected chi connectivity index (χ1v) is 12.6. The van der Waals surface area contributed by atoms with Crippen LogP contribution in [0.1, 0.15) is 33.7 Å². The Labute approximate surface area is 218 Å². The summed E-state index contributed by atoms with van der Waals surface area (Å²) in [6, 6.07) is 7.97. The third kappa shape index (κ3) is 6.95. The topological polar surface area (TPSA) is 114 Å². The van der Waals surface area contributed by atoms with Crippen LogP contribution in [0.25, 0.3) is 20.7 Å². The van der Waals surface area contributed by atoms with E-state index >= 15 is 0 Å². The zero-order valence-electron chi connectivity index (χ0n) is 21.2. The van der Waals surface area contributed by atoms with E-state index in [-0.39, 0.29) is 11.8 Å². The van der Waals surface area contributed by atoms with Gasteiger partial charge in [-0.25, -0.2) is 9.18 Å². The summed E-state index contributed by atoms with van der Waals surface area (Å²) < 4.78 is 33.6. The Morgan fingerprint density at radius 2 is 2.05 bits per heavy atom. The van der Waals surface area contributed by atoms with Crippen molar-refractivity contribution in [2.75, 3.05) is 25.5 Å². The Morgan fingerprint density at radius 3 is 2.81 bits per heavy atom. The maximum atomic E-state index is 14.2. The Hall–Kier alpha value is -3.70. The third-order valence-electron chi connectivity index (χ3n) is 5.16. The van der Waals surface area contributed by atoms with Gasteiger partial charge >= 0.3 is 6.09 Å². The zero-order valence-corrected chi connectivity index (χ0v) is 22.0. The van der Waals surface area contributed by atoms with Gasteiger partial charge in [-0.05, 0) is 45.9 Å². The van der Waals surface area contributed by atoms with Gasteiger partial charge in [0.1, 0.15) is 11.4 Å². The van der Waals surface area contributed by atoms with Crippen molar-refractivity contribution in [2.24, 2.45) is 0 Å². The van der Waals surface area contributed by atoms with Crippen LogP contribution in [0.15, 0.2) is 48.9 Å². The molecule has 0 fully saturated rings. The van der Waals surface area contributed by atoms with Gasteiger partial charge in [0.2, 0.25) is 0 Å². The summed E-state index contributed by atoms with van der Waals surface area (Å²) in [7, 11) is 0. The van der Waals surface area contributed by atoms with Crippen LogP contribution < -0.4 is 15.8 Å². The van der Waals surface area contributed by atoms with E-state index in [1.807, 2.05) is 44.6 Å². The van der Waals surface area contributed by atoms with E-state index in [1.165, 1.54) is 23.5 Å². The number of alkyl carbamates (subject to hydrolysis) is 1. The molecule has 0 saturated heterocycles. The van der Waals surface area contributed by atoms with Gasteiger partial charge in [0.15, 0.2) is 11.6 Å². The second-order valence-electron chi connectivity index (χ2n) is 9.49. The molecule has 4 rings (SSSR count). The first kappa shape index (κ1) is 26.4. The molecule has 1 aromatic carbocycles. The number of hydrogen-bond acceptors (Lipinski definition) is 8. The van der Waals surface area contributed by atoms with E-state index in [4.69, 9.17) is 19.9 Å². The van der Waals surface area contributed by atoms with Crippen LogP contribution in [0.3, 0.4) is 0 Å². The minimum absolute atomic E-state index is 0.0184. The fourth-order valence-corrected chi connectivity index (χ4v) is 4.47. The van der Waals surface area contributed by atoms with Gasteiger partial charge in [-0.3, -0.25) is 9.67 Å². The number of amides is 1. The lowest BCUT2D eigenvalue weighted by molar-refractivity contribution is 0.0488. The van der Waals surface area contributed by atoms with Crippen molar-refractivity contribution < 1.29 is 23.4 Å². The van der Waals surface area contributed by atoms with Crippen LogP contribution >= 0.6 is 11.3 Å². The Kier molecular flexibility index (Phi) is 7.94. The third-order valence-corrected chi connectivity index (χ3v) is 6.35. The first-order chi connectivity index (χ1) is 17.6. The normalized spacial score (nSPS) is 12.5. The number of ether oxygens (including phenoxy) is 3. The molecular weight excluding hydrogens is 497 g/mol. The number of halogens is 1. The molecule has 0 aliphatic heterocycles. The van der Waals surface area contributed by atoms with Gasteiger partial charge in [0, 0.05) is 47.2 Å². The molecule has 11 heteroatoms. The predicted molar refractivity (Wildman–Crippen MR) is 141 cm³/mol. The molecule has 1 atom stereocenters. The highest BCUT2D eigenvalue weighted by atomic mass is 32.1. The number of nitrogen functional groups attached to an aromatic ring is 1. The maximum absolute atomic E-state index is 14.2. The highest BCUT2D eigenvalue weighted by Crippen LogP contribution is 2.39. The molecule has 0 aliphatic carbocycles. The summed E-state index contributed by atoms with van der Waals surface area (Å²) in [4.78, 5) is 17.1. The number of pyridine rings is 1. The molecule has 3 heterocycles. The van der Waals surface area contributed by atoms with Crippen LogP contribution in [-0.4, -0.2) is 46.2 Å². The smallest absolute Gasteiger partial charge is 0.407 e. The van der Waals surface area contributed by atoms with Gasteiger partial charge in [-0.15, -0.1) is 11.3 Å². The number of nitrogens with two attached hydrogens (primary N) is 1. The minimum atomic E-state index is -0.537. The molecule has 1 amide bonds. The number of anilines is 1. The molecule has 37 heavy (non-hydrogen) atoms. The SMILES string of the molecule is CC(COCCNC(=O)OC(C)(C)C)n1cc(-c2cc3nccc(Oc4ccc(N)cc4F)c3s2)cn1. The molecule has 4 aromatic rings. The van der Waals surface area contributed by atoms with E-state index in [9.17, 15) is 9.18 Å². The average molecular weight is 528 g/mol. The predicted octanol–water partition coefficient (Wildman–Crippen LogP) is 5.78. The summed E-state index contributed by atoms with van der Waals surface area (Å²) in [5, 5.41) is 7.15. The minimum Gasteiger partial charge on any atom is -0.453 e. The number of nitrogens with one attached hydrogen (secondary N) is 1. The second-order valence-corrected chi connectivity index (χ2v) is 10.5. The van der Waals surface area contributed by atoms with Gasteiger partial charge in [-0.1, -0.05) is 0 Å². The lowest BCUT2D eigenvalue weighted by atomic mass is 10.2. The van der Waals surface area contributed by atoms with Gasteiger partial charge < -0.3 is 25.3 Å². The monoisotopic (exact) mass is 527 g/mol. The lowest BCUT2D eigenvalue weighted by Gasteiger charge is -2.19. The van der Waals surface area contributed by atoms with Crippen LogP contribution in [0.5, 0.6) is 11.5 Å². The summed E-state index contributed by atoms with van der Waals surface area (Å²) in [6.45, 7) is 8.58. The van der Waals surface area contributed by atoms with Crippen LogP contribution in [0, 0.1) is 5.82 Å². The number of fused-ring (bicyclic) bond motifs is 1.